The number of anilines is 1. The maximum absolute atomic E-state index is 4.82. The van der Waals surface area contributed by atoms with Crippen LogP contribution < -0.4 is 5.32 Å². The van der Waals surface area contributed by atoms with Crippen molar-refractivity contribution in [3.05, 3.63) is 90.6 Å². The van der Waals surface area contributed by atoms with E-state index in [1.54, 1.807) is 0 Å². The molecule has 2 aromatic heterocycles. The smallest absolute Gasteiger partial charge is 0.162 e. The number of rotatable bonds is 5. The molecule has 2 N–H and O–H groups in total. The Bertz CT molecular complexity index is 1240. The number of nitrogens with one attached hydrogen (secondary N) is 2. The van der Waals surface area contributed by atoms with Crippen LogP contribution in [0.5, 0.6) is 0 Å². The first kappa shape index (κ1) is 16.5. The highest BCUT2D eigenvalue weighted by molar-refractivity contribution is 5.90. The normalized spacial score (nSPS) is 11.1. The Kier molecular flexibility index (Phi) is 4.22. The zero-order chi connectivity index (χ0) is 18.8. The van der Waals surface area contributed by atoms with Crippen LogP contribution in [0.4, 0.5) is 5.82 Å². The second-order valence-electron chi connectivity index (χ2n) is 6.82. The van der Waals surface area contributed by atoms with Gasteiger partial charge in [-0.1, -0.05) is 60.7 Å². The quantitative estimate of drug-likeness (QED) is 0.437. The molecule has 0 unspecified atom stereocenters. The summed E-state index contributed by atoms with van der Waals surface area (Å²) < 4.78 is 0. The average molecular weight is 364 g/mol. The molecule has 136 valence electrons. The van der Waals surface area contributed by atoms with Crippen LogP contribution in [0, 0.1) is 0 Å². The van der Waals surface area contributed by atoms with Crippen LogP contribution in [0.2, 0.25) is 0 Å². The van der Waals surface area contributed by atoms with Gasteiger partial charge in [-0.05, 0) is 30.2 Å². The monoisotopic (exact) mass is 364 g/mol. The van der Waals surface area contributed by atoms with Gasteiger partial charge in [0.25, 0.3) is 0 Å². The maximum atomic E-state index is 4.82. The van der Waals surface area contributed by atoms with Crippen molar-refractivity contribution in [2.45, 2.75) is 6.42 Å². The van der Waals surface area contributed by atoms with E-state index in [0.717, 1.165) is 41.1 Å². The van der Waals surface area contributed by atoms with E-state index in [1.165, 1.54) is 16.5 Å². The van der Waals surface area contributed by atoms with Gasteiger partial charge in [-0.25, -0.2) is 9.97 Å². The SMILES string of the molecule is c1ccc(-c2nc(NCCc3c[nH]c4ccccc34)c3ccccc3n2)cc1. The second-order valence-corrected chi connectivity index (χ2v) is 6.82. The lowest BCUT2D eigenvalue weighted by molar-refractivity contribution is 1.01. The summed E-state index contributed by atoms with van der Waals surface area (Å²) in [5.41, 5.74) is 4.46. The van der Waals surface area contributed by atoms with Crippen molar-refractivity contribution in [1.29, 1.82) is 0 Å². The van der Waals surface area contributed by atoms with Gasteiger partial charge in [0, 0.05) is 34.6 Å². The third-order valence-electron chi connectivity index (χ3n) is 5.00. The van der Waals surface area contributed by atoms with Crippen LogP contribution in [-0.4, -0.2) is 21.5 Å². The first-order valence-electron chi connectivity index (χ1n) is 9.49. The predicted octanol–water partition coefficient (Wildman–Crippen LogP) is 5.43. The van der Waals surface area contributed by atoms with Crippen molar-refractivity contribution in [2.75, 3.05) is 11.9 Å². The Labute approximate surface area is 163 Å². The number of aromatic amines is 1. The molecule has 28 heavy (non-hydrogen) atoms. The minimum absolute atomic E-state index is 0.744. The van der Waals surface area contributed by atoms with E-state index in [2.05, 4.69) is 46.8 Å². The van der Waals surface area contributed by atoms with Gasteiger partial charge in [-0.15, -0.1) is 0 Å². The van der Waals surface area contributed by atoms with Crippen LogP contribution in [-0.2, 0) is 6.42 Å². The Morgan fingerprint density at radius 3 is 2.39 bits per heavy atom. The Morgan fingerprint density at radius 2 is 1.50 bits per heavy atom. The first-order chi connectivity index (χ1) is 13.9. The molecule has 0 aliphatic rings. The molecule has 0 radical (unpaired) electrons. The topological polar surface area (TPSA) is 53.6 Å². The van der Waals surface area contributed by atoms with E-state index in [-0.39, 0.29) is 0 Å². The summed E-state index contributed by atoms with van der Waals surface area (Å²) >= 11 is 0. The van der Waals surface area contributed by atoms with Gasteiger partial charge < -0.3 is 10.3 Å². The zero-order valence-corrected chi connectivity index (χ0v) is 15.4. The molecule has 0 aliphatic heterocycles. The summed E-state index contributed by atoms with van der Waals surface area (Å²) in [7, 11) is 0. The standard InChI is InChI=1S/C24H20N4/c1-2-8-17(9-3-1)23-27-22-13-7-5-11-20(22)24(28-23)25-15-14-18-16-26-21-12-6-4-10-19(18)21/h1-13,16,26H,14-15H2,(H,25,27,28). The first-order valence-corrected chi connectivity index (χ1v) is 9.49. The molecule has 0 bridgehead atoms. The minimum atomic E-state index is 0.744. The molecule has 4 nitrogen and oxygen atoms in total. The fraction of sp³-hybridized carbons (Fsp3) is 0.0833. The highest BCUT2D eigenvalue weighted by Gasteiger charge is 2.09. The van der Waals surface area contributed by atoms with E-state index >= 15 is 0 Å². The summed E-state index contributed by atoms with van der Waals surface area (Å²) in [5.74, 6) is 1.62. The van der Waals surface area contributed by atoms with Gasteiger partial charge in [-0.2, -0.15) is 0 Å². The molecule has 0 spiro atoms. The molecule has 5 rings (SSSR count). The molecule has 2 heterocycles. The summed E-state index contributed by atoms with van der Waals surface area (Å²) in [5, 5.41) is 5.86. The van der Waals surface area contributed by atoms with Crippen molar-refractivity contribution in [2.24, 2.45) is 0 Å². The largest absolute Gasteiger partial charge is 0.369 e. The molecule has 0 aliphatic carbocycles. The number of nitrogens with zero attached hydrogens (tertiary/aromatic N) is 2. The number of fused-ring (bicyclic) bond motifs is 2. The molecule has 0 atom stereocenters. The molecule has 4 heteroatoms. The lowest BCUT2D eigenvalue weighted by Gasteiger charge is -2.11. The van der Waals surface area contributed by atoms with Crippen LogP contribution in [0.3, 0.4) is 0 Å². The van der Waals surface area contributed by atoms with Crippen molar-refractivity contribution in [3.8, 4) is 11.4 Å². The van der Waals surface area contributed by atoms with Crippen molar-refractivity contribution >= 4 is 27.6 Å². The number of para-hydroxylation sites is 2. The third-order valence-corrected chi connectivity index (χ3v) is 5.00. The number of benzene rings is 3. The van der Waals surface area contributed by atoms with Gasteiger partial charge in [0.2, 0.25) is 0 Å². The van der Waals surface area contributed by atoms with Gasteiger partial charge >= 0.3 is 0 Å². The van der Waals surface area contributed by atoms with Gasteiger partial charge in [-0.3, -0.25) is 0 Å². The molecule has 0 saturated heterocycles. The fourth-order valence-corrected chi connectivity index (χ4v) is 3.58. The molecule has 3 aromatic carbocycles. The highest BCUT2D eigenvalue weighted by Crippen LogP contribution is 2.25. The predicted molar refractivity (Wildman–Crippen MR) is 115 cm³/mol. The van der Waals surface area contributed by atoms with E-state index in [4.69, 9.17) is 9.97 Å². The minimum Gasteiger partial charge on any atom is -0.369 e. The summed E-state index contributed by atoms with van der Waals surface area (Å²) in [4.78, 5) is 12.9. The second kappa shape index (κ2) is 7.16. The zero-order valence-electron chi connectivity index (χ0n) is 15.4. The van der Waals surface area contributed by atoms with Gasteiger partial charge in [0.1, 0.15) is 5.82 Å². The molecule has 5 aromatic rings. The molecular weight excluding hydrogens is 344 g/mol. The summed E-state index contributed by atoms with van der Waals surface area (Å²) in [6, 6.07) is 26.7. The Morgan fingerprint density at radius 1 is 0.750 bits per heavy atom. The van der Waals surface area contributed by atoms with Crippen molar-refractivity contribution in [1.82, 2.24) is 15.0 Å². The fourth-order valence-electron chi connectivity index (χ4n) is 3.58. The van der Waals surface area contributed by atoms with Crippen molar-refractivity contribution in [3.63, 3.8) is 0 Å². The lowest BCUT2D eigenvalue weighted by Crippen LogP contribution is -2.08. The van der Waals surface area contributed by atoms with E-state index < -0.39 is 0 Å². The number of aromatic nitrogens is 3. The lowest BCUT2D eigenvalue weighted by atomic mass is 10.1. The van der Waals surface area contributed by atoms with E-state index in [9.17, 15) is 0 Å². The third kappa shape index (κ3) is 3.09. The van der Waals surface area contributed by atoms with Crippen LogP contribution in [0.15, 0.2) is 85.1 Å². The van der Waals surface area contributed by atoms with Crippen LogP contribution in [0.1, 0.15) is 5.56 Å². The van der Waals surface area contributed by atoms with Gasteiger partial charge in [0.15, 0.2) is 5.82 Å². The Balaban J connectivity index is 1.44. The van der Waals surface area contributed by atoms with Crippen LogP contribution in [0.25, 0.3) is 33.2 Å². The van der Waals surface area contributed by atoms with E-state index in [1.807, 2.05) is 48.5 Å². The van der Waals surface area contributed by atoms with Crippen molar-refractivity contribution < 1.29 is 0 Å². The molecular formula is C24H20N4. The Hall–Kier alpha value is -3.66. The summed E-state index contributed by atoms with van der Waals surface area (Å²) in [6.07, 6.45) is 3.02. The number of hydrogen-bond acceptors (Lipinski definition) is 3. The molecule has 0 saturated carbocycles. The van der Waals surface area contributed by atoms with Gasteiger partial charge in [0.05, 0.1) is 5.52 Å². The summed E-state index contributed by atoms with van der Waals surface area (Å²) in [6.45, 7) is 0.803. The van der Waals surface area contributed by atoms with Crippen LogP contribution >= 0.6 is 0 Å². The highest BCUT2D eigenvalue weighted by atomic mass is 15.0. The molecule has 0 fully saturated rings. The average Bonchev–Trinajstić information content (AvgIpc) is 3.17. The number of hydrogen-bond donors (Lipinski definition) is 2. The maximum Gasteiger partial charge on any atom is 0.162 e. The molecule has 0 amide bonds. The van der Waals surface area contributed by atoms with E-state index in [0.29, 0.717) is 0 Å². The number of H-pyrrole nitrogens is 1.